The van der Waals surface area contributed by atoms with Crippen LogP contribution < -0.4 is 5.32 Å². The van der Waals surface area contributed by atoms with Crippen molar-refractivity contribution < 1.29 is 18.0 Å². The van der Waals surface area contributed by atoms with E-state index >= 15 is 0 Å². The van der Waals surface area contributed by atoms with Gasteiger partial charge in [0.1, 0.15) is 5.69 Å². The van der Waals surface area contributed by atoms with E-state index in [9.17, 15) is 18.0 Å². The van der Waals surface area contributed by atoms with Crippen molar-refractivity contribution >= 4 is 11.9 Å². The predicted molar refractivity (Wildman–Crippen MR) is 70.8 cm³/mol. The van der Waals surface area contributed by atoms with E-state index < -0.39 is 17.8 Å². The van der Waals surface area contributed by atoms with Gasteiger partial charge in [0.2, 0.25) is 5.95 Å². The van der Waals surface area contributed by atoms with Gasteiger partial charge in [-0.15, -0.1) is 0 Å². The molecule has 0 spiro atoms. The highest BCUT2D eigenvalue weighted by atomic mass is 19.4. The van der Waals surface area contributed by atoms with Crippen LogP contribution in [0.3, 0.4) is 0 Å². The maximum absolute atomic E-state index is 12.5. The third-order valence-electron chi connectivity index (χ3n) is 2.75. The van der Waals surface area contributed by atoms with Gasteiger partial charge < -0.3 is 9.55 Å². The molecule has 0 atom stereocenters. The van der Waals surface area contributed by atoms with Gasteiger partial charge in [0, 0.05) is 25.1 Å². The van der Waals surface area contributed by atoms with Gasteiger partial charge in [-0.2, -0.15) is 13.2 Å². The molecule has 0 radical (unpaired) electrons. The van der Waals surface area contributed by atoms with Crippen LogP contribution >= 0.6 is 0 Å². The van der Waals surface area contributed by atoms with Crippen molar-refractivity contribution in [3.63, 3.8) is 0 Å². The number of amides is 1. The number of halogens is 3. The smallest absolute Gasteiger partial charge is 0.357 e. The molecule has 0 saturated carbocycles. The second kappa shape index (κ2) is 5.63. The summed E-state index contributed by atoms with van der Waals surface area (Å²) in [5.41, 5.74) is -1.06. The third-order valence-corrected chi connectivity index (χ3v) is 2.75. The summed E-state index contributed by atoms with van der Waals surface area (Å²) in [5.74, 6) is 0.0142. The molecule has 2 aromatic heterocycles. The number of H-pyrrole nitrogens is 1. The van der Waals surface area contributed by atoms with Gasteiger partial charge in [-0.1, -0.05) is 13.8 Å². The van der Waals surface area contributed by atoms with Crippen molar-refractivity contribution in [3.8, 4) is 0 Å². The molecule has 0 fully saturated rings. The molecule has 8 heteroatoms. The Morgan fingerprint density at radius 1 is 1.48 bits per heavy atom. The molecular weight excluding hydrogens is 285 g/mol. The zero-order chi connectivity index (χ0) is 15.6. The monoisotopic (exact) mass is 300 g/mol. The van der Waals surface area contributed by atoms with Crippen LogP contribution in [0.5, 0.6) is 0 Å². The lowest BCUT2D eigenvalue weighted by Crippen LogP contribution is -2.16. The van der Waals surface area contributed by atoms with Gasteiger partial charge in [-0.25, -0.2) is 4.98 Å². The van der Waals surface area contributed by atoms with Gasteiger partial charge in [0.15, 0.2) is 0 Å². The number of alkyl halides is 3. The number of carbonyl (C=O) groups excluding carboxylic acids is 1. The Balaban J connectivity index is 2.12. The van der Waals surface area contributed by atoms with Gasteiger partial charge >= 0.3 is 6.18 Å². The number of imidazole rings is 1. The van der Waals surface area contributed by atoms with Crippen LogP contribution in [0, 0.1) is 5.92 Å². The van der Waals surface area contributed by atoms with Crippen LogP contribution in [-0.4, -0.2) is 20.4 Å². The van der Waals surface area contributed by atoms with Gasteiger partial charge in [0.05, 0.1) is 5.56 Å². The van der Waals surface area contributed by atoms with Crippen LogP contribution in [0.4, 0.5) is 19.1 Å². The van der Waals surface area contributed by atoms with Crippen LogP contribution in [-0.2, 0) is 12.7 Å². The van der Waals surface area contributed by atoms with Crippen molar-refractivity contribution in [1.29, 1.82) is 0 Å². The van der Waals surface area contributed by atoms with Crippen LogP contribution in [0.25, 0.3) is 0 Å². The molecule has 5 nitrogen and oxygen atoms in total. The number of aromatic amines is 1. The van der Waals surface area contributed by atoms with Gasteiger partial charge in [-0.05, 0) is 12.0 Å². The zero-order valence-corrected chi connectivity index (χ0v) is 11.5. The summed E-state index contributed by atoms with van der Waals surface area (Å²) in [7, 11) is 0. The number of hydrogen-bond donors (Lipinski definition) is 2. The molecule has 2 aromatic rings. The molecule has 0 saturated heterocycles. The molecule has 2 rings (SSSR count). The van der Waals surface area contributed by atoms with Crippen molar-refractivity contribution in [2.75, 3.05) is 5.32 Å². The summed E-state index contributed by atoms with van der Waals surface area (Å²) >= 11 is 0. The standard InChI is InChI=1S/C13H15F3N4O/c1-8(2)7-20-4-3-17-12(20)19-11(21)9-5-10(18-6-9)13(14,15)16/h3-6,8,18H,7H2,1-2H3,(H,17,19,21). The molecular formula is C13H15F3N4O. The molecule has 0 bridgehead atoms. The Bertz CT molecular complexity index is 627. The van der Waals surface area contributed by atoms with E-state index in [-0.39, 0.29) is 5.56 Å². The third kappa shape index (κ3) is 3.65. The SMILES string of the molecule is CC(C)Cn1ccnc1NC(=O)c1c[nH]c(C(F)(F)F)c1. The average molecular weight is 300 g/mol. The number of hydrogen-bond acceptors (Lipinski definition) is 2. The van der Waals surface area contributed by atoms with Crippen molar-refractivity contribution in [2.24, 2.45) is 5.92 Å². The number of rotatable bonds is 4. The second-order valence-corrected chi connectivity index (χ2v) is 5.05. The molecule has 0 aromatic carbocycles. The lowest BCUT2D eigenvalue weighted by molar-refractivity contribution is -0.140. The number of nitrogens with zero attached hydrogens (tertiary/aromatic N) is 2. The summed E-state index contributed by atoms with van der Waals surface area (Å²) < 4.78 is 39.1. The molecule has 21 heavy (non-hydrogen) atoms. The lowest BCUT2D eigenvalue weighted by Gasteiger charge is -2.10. The van der Waals surface area contributed by atoms with E-state index in [1.54, 1.807) is 10.8 Å². The molecule has 0 aliphatic rings. The van der Waals surface area contributed by atoms with E-state index in [1.807, 2.05) is 18.8 Å². The fraction of sp³-hybridized carbons (Fsp3) is 0.385. The van der Waals surface area contributed by atoms with Crippen molar-refractivity contribution in [2.45, 2.75) is 26.6 Å². The topological polar surface area (TPSA) is 62.7 Å². The quantitative estimate of drug-likeness (QED) is 0.911. The van der Waals surface area contributed by atoms with Crippen LogP contribution in [0.15, 0.2) is 24.7 Å². The highest BCUT2D eigenvalue weighted by Gasteiger charge is 2.33. The van der Waals surface area contributed by atoms with Crippen LogP contribution in [0.2, 0.25) is 0 Å². The van der Waals surface area contributed by atoms with Crippen molar-refractivity contribution in [3.05, 3.63) is 35.9 Å². The summed E-state index contributed by atoms with van der Waals surface area (Å²) in [5, 5.41) is 2.50. The number of carbonyl (C=O) groups is 1. The fourth-order valence-corrected chi connectivity index (χ4v) is 1.84. The first-order valence-corrected chi connectivity index (χ1v) is 6.35. The highest BCUT2D eigenvalue weighted by molar-refractivity contribution is 6.03. The normalized spacial score (nSPS) is 11.9. The van der Waals surface area contributed by atoms with E-state index in [4.69, 9.17) is 0 Å². The first-order chi connectivity index (χ1) is 9.77. The van der Waals surface area contributed by atoms with Gasteiger partial charge in [-0.3, -0.25) is 10.1 Å². The summed E-state index contributed by atoms with van der Waals surface area (Å²) in [6, 6.07) is 0.769. The summed E-state index contributed by atoms with van der Waals surface area (Å²) in [6.07, 6.45) is -0.257. The van der Waals surface area contributed by atoms with E-state index in [2.05, 4.69) is 10.3 Å². The Morgan fingerprint density at radius 2 is 2.19 bits per heavy atom. The first kappa shape index (κ1) is 15.1. The number of anilines is 1. The average Bonchev–Trinajstić information content (AvgIpc) is 2.97. The molecule has 1 amide bonds. The van der Waals surface area contributed by atoms with Crippen LogP contribution in [0.1, 0.15) is 29.9 Å². The molecule has 0 aliphatic heterocycles. The van der Waals surface area contributed by atoms with E-state index in [0.29, 0.717) is 18.4 Å². The number of nitrogens with one attached hydrogen (secondary N) is 2. The maximum Gasteiger partial charge on any atom is 0.431 e. The largest absolute Gasteiger partial charge is 0.431 e. The maximum atomic E-state index is 12.5. The fourth-order valence-electron chi connectivity index (χ4n) is 1.84. The molecule has 2 N–H and O–H groups in total. The summed E-state index contributed by atoms with van der Waals surface area (Å²) in [6.45, 7) is 4.66. The van der Waals surface area contributed by atoms with Gasteiger partial charge in [0.25, 0.3) is 5.91 Å². The lowest BCUT2D eigenvalue weighted by atomic mass is 10.2. The van der Waals surface area contributed by atoms with Crippen molar-refractivity contribution in [1.82, 2.24) is 14.5 Å². The minimum absolute atomic E-state index is 0.0959. The minimum Gasteiger partial charge on any atom is -0.357 e. The Kier molecular flexibility index (Phi) is 4.06. The Morgan fingerprint density at radius 3 is 2.76 bits per heavy atom. The molecule has 114 valence electrons. The zero-order valence-electron chi connectivity index (χ0n) is 11.5. The Hall–Kier alpha value is -2.25. The molecule has 0 aliphatic carbocycles. The minimum atomic E-state index is -4.51. The Labute approximate surface area is 119 Å². The summed E-state index contributed by atoms with van der Waals surface area (Å²) in [4.78, 5) is 18.0. The first-order valence-electron chi connectivity index (χ1n) is 6.35. The number of aromatic nitrogens is 3. The van der Waals surface area contributed by atoms with E-state index in [1.165, 1.54) is 6.20 Å². The van der Waals surface area contributed by atoms with E-state index in [0.717, 1.165) is 12.3 Å². The second-order valence-electron chi connectivity index (χ2n) is 5.05. The molecule has 2 heterocycles. The predicted octanol–water partition coefficient (Wildman–Crippen LogP) is 3.14. The molecule has 0 unspecified atom stereocenters. The highest BCUT2D eigenvalue weighted by Crippen LogP contribution is 2.28.